The van der Waals surface area contributed by atoms with Gasteiger partial charge in [-0.05, 0) is 30.2 Å². The summed E-state index contributed by atoms with van der Waals surface area (Å²) in [6.45, 7) is 2.10. The first-order valence-corrected chi connectivity index (χ1v) is 8.63. The average molecular weight is 365 g/mol. The molecule has 0 radical (unpaired) electrons. The van der Waals surface area contributed by atoms with E-state index in [2.05, 4.69) is 6.92 Å². The Kier molecular flexibility index (Phi) is 7.01. The fourth-order valence-electron chi connectivity index (χ4n) is 2.81. The van der Waals surface area contributed by atoms with Crippen LogP contribution in [-0.4, -0.2) is 27.1 Å². The number of carbonyl (C=O) groups excluding carboxylic acids is 1. The van der Waals surface area contributed by atoms with Gasteiger partial charge in [0, 0.05) is 11.1 Å². The Morgan fingerprint density at radius 2 is 1.67 bits per heavy atom. The van der Waals surface area contributed by atoms with Gasteiger partial charge in [-0.1, -0.05) is 37.6 Å². The molecule has 2 rings (SSSR count). The van der Waals surface area contributed by atoms with Gasteiger partial charge in [0.05, 0.1) is 21.3 Å². The molecule has 0 aliphatic heterocycles. The number of ketones is 1. The van der Waals surface area contributed by atoms with E-state index in [1.165, 1.54) is 27.4 Å². The smallest absolute Gasteiger partial charge is 0.203 e. The van der Waals surface area contributed by atoms with E-state index in [-0.39, 0.29) is 11.4 Å². The summed E-state index contributed by atoms with van der Waals surface area (Å²) in [6.07, 6.45) is 3.50. The van der Waals surface area contributed by atoms with Crippen molar-refractivity contribution in [3.8, 4) is 23.3 Å². The molecule has 0 fully saturated rings. The van der Waals surface area contributed by atoms with Gasteiger partial charge in [0.2, 0.25) is 11.5 Å². The Morgan fingerprint density at radius 1 is 1.00 bits per heavy atom. The Hall–Kier alpha value is -3.26. The molecule has 0 saturated carbocycles. The molecule has 2 aromatic rings. The van der Waals surface area contributed by atoms with Crippen molar-refractivity contribution < 1.29 is 19.0 Å². The molecule has 5 nitrogen and oxygen atoms in total. The van der Waals surface area contributed by atoms with Crippen LogP contribution in [-0.2, 0) is 6.42 Å². The third kappa shape index (κ3) is 4.48. The van der Waals surface area contributed by atoms with Gasteiger partial charge in [-0.3, -0.25) is 4.79 Å². The minimum atomic E-state index is -0.336. The molecule has 140 valence electrons. The van der Waals surface area contributed by atoms with Gasteiger partial charge in [0.15, 0.2) is 11.5 Å². The second-order valence-electron chi connectivity index (χ2n) is 5.87. The van der Waals surface area contributed by atoms with Crippen molar-refractivity contribution in [3.63, 3.8) is 0 Å². The summed E-state index contributed by atoms with van der Waals surface area (Å²) in [7, 11) is 4.52. The Morgan fingerprint density at radius 3 is 2.19 bits per heavy atom. The number of benzene rings is 2. The van der Waals surface area contributed by atoms with E-state index in [0.717, 1.165) is 18.4 Å². The summed E-state index contributed by atoms with van der Waals surface area (Å²) in [5, 5.41) is 9.51. The molecule has 0 N–H and O–H groups in total. The van der Waals surface area contributed by atoms with Crippen LogP contribution in [0.25, 0.3) is 6.08 Å². The standard InChI is InChI=1S/C22H23NO4/c1-5-6-15-7-9-16(10-8-15)20(24)18(14-23)13-17-11-12-19(25-2)22(27-4)21(17)26-3/h7-13H,5-6H2,1-4H3/b18-13+. The van der Waals surface area contributed by atoms with Crippen LogP contribution in [0.3, 0.4) is 0 Å². The number of methoxy groups -OCH3 is 3. The number of Topliss-reactive ketones (excluding diaryl/α,β-unsaturated/α-hetero) is 1. The minimum Gasteiger partial charge on any atom is -0.493 e. The lowest BCUT2D eigenvalue weighted by Gasteiger charge is -2.14. The van der Waals surface area contributed by atoms with E-state index in [1.807, 2.05) is 18.2 Å². The highest BCUT2D eigenvalue weighted by Crippen LogP contribution is 2.40. The molecule has 5 heteroatoms. The van der Waals surface area contributed by atoms with Crippen molar-refractivity contribution in [2.45, 2.75) is 19.8 Å². The third-order valence-electron chi connectivity index (χ3n) is 4.15. The maximum Gasteiger partial charge on any atom is 0.203 e. The number of allylic oxidation sites excluding steroid dienone is 1. The van der Waals surface area contributed by atoms with Crippen molar-refractivity contribution in [1.29, 1.82) is 5.26 Å². The molecular formula is C22H23NO4. The zero-order valence-electron chi connectivity index (χ0n) is 16.0. The van der Waals surface area contributed by atoms with Crippen molar-refractivity contribution in [3.05, 3.63) is 58.7 Å². The zero-order valence-corrected chi connectivity index (χ0v) is 16.0. The molecular weight excluding hydrogens is 342 g/mol. The lowest BCUT2D eigenvalue weighted by Crippen LogP contribution is -2.03. The number of ether oxygens (including phenoxy) is 3. The quantitative estimate of drug-likeness (QED) is 0.393. The number of carbonyl (C=O) groups is 1. The molecule has 0 heterocycles. The highest BCUT2D eigenvalue weighted by molar-refractivity contribution is 6.14. The number of hydrogen-bond acceptors (Lipinski definition) is 5. The fourth-order valence-corrected chi connectivity index (χ4v) is 2.81. The monoisotopic (exact) mass is 365 g/mol. The minimum absolute atomic E-state index is 0.0174. The van der Waals surface area contributed by atoms with Crippen LogP contribution in [0.4, 0.5) is 0 Å². The lowest BCUT2D eigenvalue weighted by molar-refractivity contribution is 0.104. The van der Waals surface area contributed by atoms with E-state index in [9.17, 15) is 10.1 Å². The molecule has 0 atom stereocenters. The van der Waals surface area contributed by atoms with Crippen LogP contribution >= 0.6 is 0 Å². The number of rotatable bonds is 8. The van der Waals surface area contributed by atoms with Gasteiger partial charge < -0.3 is 14.2 Å². The van der Waals surface area contributed by atoms with E-state index in [1.54, 1.807) is 24.3 Å². The summed E-state index contributed by atoms with van der Waals surface area (Å²) in [5.41, 5.74) is 2.21. The SMILES string of the molecule is CCCc1ccc(C(=O)/C(C#N)=C/c2ccc(OC)c(OC)c2OC)cc1. The first-order chi connectivity index (χ1) is 13.1. The number of nitriles is 1. The van der Waals surface area contributed by atoms with Gasteiger partial charge in [0.1, 0.15) is 11.6 Å². The summed E-state index contributed by atoms with van der Waals surface area (Å²) >= 11 is 0. The number of aryl methyl sites for hydroxylation is 1. The molecule has 0 aromatic heterocycles. The fraction of sp³-hybridized carbons (Fsp3) is 0.273. The Labute approximate surface area is 159 Å². The zero-order chi connectivity index (χ0) is 19.8. The van der Waals surface area contributed by atoms with E-state index >= 15 is 0 Å². The third-order valence-corrected chi connectivity index (χ3v) is 4.15. The molecule has 27 heavy (non-hydrogen) atoms. The van der Waals surface area contributed by atoms with Crippen LogP contribution < -0.4 is 14.2 Å². The molecule has 2 aromatic carbocycles. The van der Waals surface area contributed by atoms with Gasteiger partial charge >= 0.3 is 0 Å². The first kappa shape index (κ1) is 20.1. The topological polar surface area (TPSA) is 68.6 Å². The van der Waals surface area contributed by atoms with Gasteiger partial charge in [-0.2, -0.15) is 5.26 Å². The van der Waals surface area contributed by atoms with Crippen LogP contribution in [0.2, 0.25) is 0 Å². The van der Waals surface area contributed by atoms with Crippen molar-refractivity contribution in [2.24, 2.45) is 0 Å². The van der Waals surface area contributed by atoms with Crippen LogP contribution in [0.1, 0.15) is 34.8 Å². The lowest BCUT2D eigenvalue weighted by atomic mass is 9.99. The van der Waals surface area contributed by atoms with Crippen LogP contribution in [0, 0.1) is 11.3 Å². The second kappa shape index (κ2) is 9.44. The van der Waals surface area contributed by atoms with Gasteiger partial charge in [-0.15, -0.1) is 0 Å². The van der Waals surface area contributed by atoms with Crippen molar-refractivity contribution in [1.82, 2.24) is 0 Å². The number of hydrogen-bond donors (Lipinski definition) is 0. The molecule has 0 aliphatic rings. The summed E-state index contributed by atoms with van der Waals surface area (Å²) in [6, 6.07) is 12.8. The molecule has 0 bridgehead atoms. The highest BCUT2D eigenvalue weighted by Gasteiger charge is 2.18. The summed E-state index contributed by atoms with van der Waals surface area (Å²) < 4.78 is 16.0. The van der Waals surface area contributed by atoms with Crippen molar-refractivity contribution >= 4 is 11.9 Å². The predicted molar refractivity (Wildman–Crippen MR) is 104 cm³/mol. The predicted octanol–water partition coefficient (Wildman–Crippen LogP) is 4.45. The summed E-state index contributed by atoms with van der Waals surface area (Å²) in [4.78, 5) is 12.7. The average Bonchev–Trinajstić information content (AvgIpc) is 2.71. The molecule has 0 saturated heterocycles. The van der Waals surface area contributed by atoms with Crippen molar-refractivity contribution in [2.75, 3.05) is 21.3 Å². The van der Waals surface area contributed by atoms with Gasteiger partial charge in [-0.25, -0.2) is 0 Å². The molecule has 0 aliphatic carbocycles. The Balaban J connectivity index is 2.43. The molecule has 0 spiro atoms. The van der Waals surface area contributed by atoms with E-state index in [0.29, 0.717) is 28.4 Å². The Bertz CT molecular complexity index is 876. The molecule has 0 amide bonds. The highest BCUT2D eigenvalue weighted by atomic mass is 16.5. The van der Waals surface area contributed by atoms with Crippen LogP contribution in [0.5, 0.6) is 17.2 Å². The number of nitrogens with zero attached hydrogens (tertiary/aromatic N) is 1. The van der Waals surface area contributed by atoms with E-state index < -0.39 is 0 Å². The van der Waals surface area contributed by atoms with Crippen LogP contribution in [0.15, 0.2) is 42.0 Å². The second-order valence-corrected chi connectivity index (χ2v) is 5.87. The summed E-state index contributed by atoms with van der Waals surface area (Å²) in [5.74, 6) is 0.971. The molecule has 0 unspecified atom stereocenters. The van der Waals surface area contributed by atoms with Gasteiger partial charge in [0.25, 0.3) is 0 Å². The van der Waals surface area contributed by atoms with E-state index in [4.69, 9.17) is 14.2 Å². The normalized spacial score (nSPS) is 10.9. The maximum absolute atomic E-state index is 12.7. The maximum atomic E-state index is 12.7. The largest absolute Gasteiger partial charge is 0.493 e. The first-order valence-electron chi connectivity index (χ1n) is 8.63.